The van der Waals surface area contributed by atoms with Gasteiger partial charge in [-0.3, -0.25) is 9.20 Å². The maximum absolute atomic E-state index is 14.4. The van der Waals surface area contributed by atoms with Gasteiger partial charge in [-0.05, 0) is 36.2 Å². The lowest BCUT2D eigenvalue weighted by molar-refractivity contribution is 0.0944. The number of aromatic nitrogens is 2. The van der Waals surface area contributed by atoms with Gasteiger partial charge in [-0.15, -0.1) is 0 Å². The highest BCUT2D eigenvalue weighted by Crippen LogP contribution is 2.17. The number of carbonyl (C=O) groups excluding carboxylic acids is 1. The van der Waals surface area contributed by atoms with Gasteiger partial charge in [0.05, 0.1) is 25.0 Å². The molecule has 1 aromatic carbocycles. The van der Waals surface area contributed by atoms with Gasteiger partial charge in [0, 0.05) is 19.3 Å². The third-order valence-corrected chi connectivity index (χ3v) is 4.60. The molecule has 0 atom stereocenters. The number of fused-ring (bicyclic) bond motifs is 1. The Balaban J connectivity index is 1.65. The van der Waals surface area contributed by atoms with Crippen molar-refractivity contribution in [3.63, 3.8) is 0 Å². The number of halogens is 2. The van der Waals surface area contributed by atoms with Crippen molar-refractivity contribution < 1.29 is 18.3 Å². The number of hydrogen-bond donors (Lipinski definition) is 3. The quantitative estimate of drug-likeness (QED) is 0.289. The van der Waals surface area contributed by atoms with Crippen LogP contribution in [0.25, 0.3) is 5.65 Å². The number of anilines is 1. The Morgan fingerprint density at radius 1 is 1.29 bits per heavy atom. The summed E-state index contributed by atoms with van der Waals surface area (Å²) in [7, 11) is 1.42. The Kier molecular flexibility index (Phi) is 7.01. The number of pyridine rings is 1. The van der Waals surface area contributed by atoms with E-state index in [0.29, 0.717) is 42.1 Å². The van der Waals surface area contributed by atoms with Crippen LogP contribution in [0.3, 0.4) is 0 Å². The highest BCUT2D eigenvalue weighted by Gasteiger charge is 2.18. The Bertz CT molecular complexity index is 1110. The second-order valence-electron chi connectivity index (χ2n) is 6.68. The van der Waals surface area contributed by atoms with Gasteiger partial charge in [0.1, 0.15) is 23.0 Å². The van der Waals surface area contributed by atoms with E-state index in [1.54, 1.807) is 12.1 Å². The van der Waals surface area contributed by atoms with Crippen molar-refractivity contribution in [2.75, 3.05) is 25.5 Å². The fourth-order valence-corrected chi connectivity index (χ4v) is 3.05. The molecule has 0 spiro atoms. The number of benzene rings is 1. The van der Waals surface area contributed by atoms with Crippen LogP contribution in [0, 0.1) is 11.6 Å². The Labute approximate surface area is 178 Å². The zero-order valence-corrected chi connectivity index (χ0v) is 17.3. The maximum Gasteiger partial charge on any atom is 0.281 e. The fraction of sp³-hybridized carbons (Fsp3) is 0.286. The molecule has 2 aromatic heterocycles. The van der Waals surface area contributed by atoms with E-state index in [4.69, 9.17) is 10.5 Å². The predicted octanol–water partition coefficient (Wildman–Crippen LogP) is 2.48. The number of hydrogen-bond acceptors (Lipinski definition) is 5. The number of rotatable bonds is 8. The van der Waals surface area contributed by atoms with Crippen molar-refractivity contribution in [3.8, 4) is 0 Å². The summed E-state index contributed by atoms with van der Waals surface area (Å²) in [4.78, 5) is 21.1. The molecular weight excluding hydrogens is 406 g/mol. The molecule has 0 saturated carbocycles. The van der Waals surface area contributed by atoms with Crippen molar-refractivity contribution >= 4 is 23.3 Å². The van der Waals surface area contributed by atoms with Crippen LogP contribution in [0.15, 0.2) is 41.5 Å². The number of ether oxygens (including phenoxy) is 1. The molecule has 3 rings (SSSR count). The molecule has 0 aliphatic heterocycles. The topological polar surface area (TPSA) is 106 Å². The number of amides is 1. The Hall–Kier alpha value is -3.69. The highest BCUT2D eigenvalue weighted by atomic mass is 19.1. The van der Waals surface area contributed by atoms with Crippen molar-refractivity contribution in [1.29, 1.82) is 0 Å². The van der Waals surface area contributed by atoms with E-state index in [9.17, 15) is 13.6 Å². The lowest BCUT2D eigenvalue weighted by Crippen LogP contribution is -2.25. The average molecular weight is 430 g/mol. The number of imidazole rings is 1. The summed E-state index contributed by atoms with van der Waals surface area (Å²) in [6.07, 6.45) is 1.74. The number of carbonyl (C=O) groups is 1. The monoisotopic (exact) mass is 430 g/mol. The molecule has 0 bridgehead atoms. The first kappa shape index (κ1) is 22.0. The van der Waals surface area contributed by atoms with E-state index in [1.807, 2.05) is 6.92 Å². The zero-order valence-electron chi connectivity index (χ0n) is 17.3. The molecular formula is C21H24F2N6O2. The van der Waals surface area contributed by atoms with Gasteiger partial charge in [-0.25, -0.2) is 18.8 Å². The number of nitrogens with zero attached hydrogens (tertiary/aromatic N) is 3. The first-order valence-electron chi connectivity index (χ1n) is 9.73. The first-order valence-corrected chi connectivity index (χ1v) is 9.73. The summed E-state index contributed by atoms with van der Waals surface area (Å²) in [5, 5.41) is 5.67. The SMILES string of the molecule is CCc1nc2ccc(F)cn2c1C(=O)NCc1ccc(NCCN=C(N)OC)c(F)c1. The van der Waals surface area contributed by atoms with E-state index < -0.39 is 17.5 Å². The van der Waals surface area contributed by atoms with Crippen LogP contribution in [-0.4, -0.2) is 41.5 Å². The largest absolute Gasteiger partial charge is 0.469 e. The normalized spacial score (nSPS) is 11.5. The number of aryl methyl sites for hydroxylation is 1. The summed E-state index contributed by atoms with van der Waals surface area (Å²) in [6.45, 7) is 2.68. The van der Waals surface area contributed by atoms with Crippen molar-refractivity contribution in [1.82, 2.24) is 14.7 Å². The second kappa shape index (κ2) is 9.88. The number of amidine groups is 1. The van der Waals surface area contributed by atoms with Crippen molar-refractivity contribution in [2.24, 2.45) is 10.7 Å². The van der Waals surface area contributed by atoms with Gasteiger partial charge in [-0.1, -0.05) is 13.0 Å². The first-order chi connectivity index (χ1) is 14.9. The lowest BCUT2D eigenvalue weighted by atomic mass is 10.2. The molecule has 1 amide bonds. The van der Waals surface area contributed by atoms with Gasteiger partial charge in [0.15, 0.2) is 0 Å². The summed E-state index contributed by atoms with van der Waals surface area (Å²) >= 11 is 0. The summed E-state index contributed by atoms with van der Waals surface area (Å²) in [6, 6.07) is 7.49. The second-order valence-corrected chi connectivity index (χ2v) is 6.68. The standard InChI is InChI=1S/C21H24F2N6O2/c1-3-16-19(29-12-14(22)5-7-18(29)28-16)20(30)27-11-13-4-6-17(15(23)10-13)25-8-9-26-21(24)31-2/h4-7,10,12,25H,3,8-9,11H2,1-2H3,(H2,24,26)(H,27,30). The van der Waals surface area contributed by atoms with Crippen LogP contribution < -0.4 is 16.4 Å². The minimum atomic E-state index is -0.470. The number of aliphatic imine (C=N–C) groups is 1. The maximum atomic E-state index is 14.4. The molecule has 0 unspecified atom stereocenters. The molecule has 0 fully saturated rings. The minimum Gasteiger partial charge on any atom is -0.469 e. The smallest absolute Gasteiger partial charge is 0.281 e. The van der Waals surface area contributed by atoms with E-state index >= 15 is 0 Å². The molecule has 0 aliphatic rings. The van der Waals surface area contributed by atoms with Crippen LogP contribution in [0.5, 0.6) is 0 Å². The molecule has 0 saturated heterocycles. The summed E-state index contributed by atoms with van der Waals surface area (Å²) < 4.78 is 34.2. The van der Waals surface area contributed by atoms with Gasteiger partial charge in [0.2, 0.25) is 0 Å². The van der Waals surface area contributed by atoms with Gasteiger partial charge in [-0.2, -0.15) is 0 Å². The van der Waals surface area contributed by atoms with Gasteiger partial charge >= 0.3 is 0 Å². The number of nitrogens with two attached hydrogens (primary N) is 1. The van der Waals surface area contributed by atoms with Crippen LogP contribution >= 0.6 is 0 Å². The van der Waals surface area contributed by atoms with Crippen LogP contribution in [0.1, 0.15) is 28.7 Å². The lowest BCUT2D eigenvalue weighted by Gasteiger charge is -2.10. The fourth-order valence-electron chi connectivity index (χ4n) is 3.05. The van der Waals surface area contributed by atoms with E-state index in [1.165, 1.54) is 35.9 Å². The molecule has 164 valence electrons. The minimum absolute atomic E-state index is 0.0632. The predicted molar refractivity (Wildman–Crippen MR) is 114 cm³/mol. The van der Waals surface area contributed by atoms with E-state index in [-0.39, 0.29) is 18.3 Å². The zero-order chi connectivity index (χ0) is 22.4. The molecule has 31 heavy (non-hydrogen) atoms. The molecule has 0 radical (unpaired) electrons. The Morgan fingerprint density at radius 3 is 2.81 bits per heavy atom. The molecule has 3 aromatic rings. The van der Waals surface area contributed by atoms with E-state index in [2.05, 4.69) is 20.6 Å². The summed E-state index contributed by atoms with van der Waals surface area (Å²) in [5.74, 6) is -1.34. The molecule has 0 aliphatic carbocycles. The highest BCUT2D eigenvalue weighted by molar-refractivity contribution is 5.94. The third-order valence-electron chi connectivity index (χ3n) is 4.60. The van der Waals surface area contributed by atoms with Crippen molar-refractivity contribution in [2.45, 2.75) is 19.9 Å². The van der Waals surface area contributed by atoms with Crippen molar-refractivity contribution in [3.05, 3.63) is 65.1 Å². The average Bonchev–Trinajstić information content (AvgIpc) is 3.13. The number of methoxy groups -OCH3 is 1. The molecule has 10 heteroatoms. The van der Waals surface area contributed by atoms with Crippen LogP contribution in [-0.2, 0) is 17.7 Å². The summed E-state index contributed by atoms with van der Waals surface area (Å²) in [5.41, 5.74) is 7.63. The van der Waals surface area contributed by atoms with Gasteiger partial charge < -0.3 is 21.1 Å². The Morgan fingerprint density at radius 2 is 2.10 bits per heavy atom. The number of nitrogens with one attached hydrogen (secondary N) is 2. The third kappa shape index (κ3) is 5.27. The molecule has 4 N–H and O–H groups in total. The molecule has 8 nitrogen and oxygen atoms in total. The van der Waals surface area contributed by atoms with Gasteiger partial charge in [0.25, 0.3) is 11.9 Å². The van der Waals surface area contributed by atoms with E-state index in [0.717, 1.165) is 0 Å². The van der Waals surface area contributed by atoms with Crippen LogP contribution in [0.4, 0.5) is 14.5 Å². The molecule has 2 heterocycles. The van der Waals surface area contributed by atoms with Crippen LogP contribution in [0.2, 0.25) is 0 Å².